The molecule has 0 spiro atoms. The van der Waals surface area contributed by atoms with Crippen molar-refractivity contribution in [1.82, 2.24) is 9.80 Å². The van der Waals surface area contributed by atoms with Crippen molar-refractivity contribution in [2.45, 2.75) is 0 Å². The van der Waals surface area contributed by atoms with E-state index in [1.807, 2.05) is 18.2 Å². The zero-order valence-corrected chi connectivity index (χ0v) is 11.7. The molecule has 0 aromatic heterocycles. The molecule has 1 aromatic carbocycles. The highest BCUT2D eigenvalue weighted by molar-refractivity contribution is 5.61. The smallest absolute Gasteiger partial charge is 0.165 e. The van der Waals surface area contributed by atoms with Gasteiger partial charge in [0.1, 0.15) is 0 Å². The summed E-state index contributed by atoms with van der Waals surface area (Å²) in [5, 5.41) is 9.96. The number of phenols is 1. The van der Waals surface area contributed by atoms with Crippen LogP contribution in [0.3, 0.4) is 0 Å². The highest BCUT2D eigenvalue weighted by Crippen LogP contribution is 2.30. The first-order valence-corrected chi connectivity index (χ1v) is 6.64. The van der Waals surface area contributed by atoms with Crippen LogP contribution in [0.5, 0.6) is 11.5 Å². The summed E-state index contributed by atoms with van der Waals surface area (Å²) in [4.78, 5) is 4.75. The SMILES string of the molecule is COc1cccc(C=CCN2CCN(C)CC2)c1O. The average Bonchev–Trinajstić information content (AvgIpc) is 2.43. The van der Waals surface area contributed by atoms with Crippen LogP contribution < -0.4 is 4.74 Å². The van der Waals surface area contributed by atoms with Gasteiger partial charge in [0, 0.05) is 38.3 Å². The molecular formula is C15H22N2O2. The topological polar surface area (TPSA) is 35.9 Å². The molecule has 4 nitrogen and oxygen atoms in total. The molecule has 1 saturated heterocycles. The van der Waals surface area contributed by atoms with Crippen molar-refractivity contribution in [3.05, 3.63) is 29.8 Å². The average molecular weight is 262 g/mol. The molecular weight excluding hydrogens is 240 g/mol. The van der Waals surface area contributed by atoms with E-state index >= 15 is 0 Å². The van der Waals surface area contributed by atoms with Gasteiger partial charge >= 0.3 is 0 Å². The predicted octanol–water partition coefficient (Wildman–Crippen LogP) is 1.66. The minimum absolute atomic E-state index is 0.208. The Hall–Kier alpha value is -1.52. The van der Waals surface area contributed by atoms with Crippen LogP contribution in [-0.2, 0) is 0 Å². The van der Waals surface area contributed by atoms with Gasteiger partial charge in [0.2, 0.25) is 0 Å². The van der Waals surface area contributed by atoms with Crippen LogP contribution in [-0.4, -0.2) is 61.8 Å². The Kier molecular flexibility index (Phi) is 4.82. The third kappa shape index (κ3) is 3.72. The molecule has 1 aliphatic rings. The summed E-state index contributed by atoms with van der Waals surface area (Å²) in [7, 11) is 3.72. The second-order valence-corrected chi connectivity index (χ2v) is 4.90. The fourth-order valence-corrected chi connectivity index (χ4v) is 2.20. The lowest BCUT2D eigenvalue weighted by Gasteiger charge is -2.31. The van der Waals surface area contributed by atoms with Crippen molar-refractivity contribution in [3.63, 3.8) is 0 Å². The number of para-hydroxylation sites is 1. The van der Waals surface area contributed by atoms with Gasteiger partial charge in [-0.05, 0) is 13.1 Å². The first-order chi connectivity index (χ1) is 9.20. The summed E-state index contributed by atoms with van der Waals surface area (Å²) >= 11 is 0. The minimum atomic E-state index is 0.208. The minimum Gasteiger partial charge on any atom is -0.504 e. The Morgan fingerprint density at radius 2 is 2.00 bits per heavy atom. The summed E-state index contributed by atoms with van der Waals surface area (Å²) < 4.78 is 5.09. The maximum atomic E-state index is 9.96. The molecule has 4 heteroatoms. The molecule has 0 aliphatic carbocycles. The van der Waals surface area contributed by atoms with Gasteiger partial charge in [-0.25, -0.2) is 0 Å². The predicted molar refractivity (Wildman–Crippen MR) is 77.6 cm³/mol. The fraction of sp³-hybridized carbons (Fsp3) is 0.467. The molecule has 1 aromatic rings. The van der Waals surface area contributed by atoms with Crippen LogP contribution in [0.4, 0.5) is 0 Å². The van der Waals surface area contributed by atoms with E-state index in [9.17, 15) is 5.11 Å². The summed E-state index contributed by atoms with van der Waals surface area (Å²) in [6.45, 7) is 5.37. The van der Waals surface area contributed by atoms with Gasteiger partial charge < -0.3 is 14.7 Å². The van der Waals surface area contributed by atoms with Crippen LogP contribution in [0.1, 0.15) is 5.56 Å². The van der Waals surface area contributed by atoms with E-state index < -0.39 is 0 Å². The standard InChI is InChI=1S/C15H22N2O2/c1-16-9-11-17(12-10-16)8-4-6-13-5-3-7-14(19-2)15(13)18/h3-7,18H,8-12H2,1-2H3. The number of hydrogen-bond donors (Lipinski definition) is 1. The number of aromatic hydroxyl groups is 1. The number of hydrogen-bond acceptors (Lipinski definition) is 4. The number of ether oxygens (including phenoxy) is 1. The lowest BCUT2D eigenvalue weighted by molar-refractivity contribution is 0.167. The molecule has 19 heavy (non-hydrogen) atoms. The lowest BCUT2D eigenvalue weighted by atomic mass is 10.1. The Labute approximate surface area is 114 Å². The van der Waals surface area contributed by atoms with Gasteiger partial charge in [-0.2, -0.15) is 0 Å². The third-order valence-electron chi connectivity index (χ3n) is 3.51. The number of methoxy groups -OCH3 is 1. The zero-order chi connectivity index (χ0) is 13.7. The zero-order valence-electron chi connectivity index (χ0n) is 11.7. The molecule has 0 saturated carbocycles. The van der Waals surface area contributed by atoms with Crippen molar-refractivity contribution in [1.29, 1.82) is 0 Å². The van der Waals surface area contributed by atoms with Crippen LogP contribution in [0.15, 0.2) is 24.3 Å². The van der Waals surface area contributed by atoms with Gasteiger partial charge in [-0.3, -0.25) is 4.90 Å². The summed E-state index contributed by atoms with van der Waals surface area (Å²) in [5.74, 6) is 0.723. The van der Waals surface area contributed by atoms with Crippen molar-refractivity contribution in [2.24, 2.45) is 0 Å². The van der Waals surface area contributed by atoms with E-state index in [4.69, 9.17) is 4.74 Å². The van der Waals surface area contributed by atoms with Crippen molar-refractivity contribution >= 4 is 6.08 Å². The maximum absolute atomic E-state index is 9.96. The van der Waals surface area contributed by atoms with Gasteiger partial charge in [-0.1, -0.05) is 24.3 Å². The summed E-state index contributed by atoms with van der Waals surface area (Å²) in [6.07, 6.45) is 4.05. The second kappa shape index (κ2) is 6.59. The van der Waals surface area contributed by atoms with Gasteiger partial charge in [0.05, 0.1) is 7.11 Å². The third-order valence-corrected chi connectivity index (χ3v) is 3.51. The number of benzene rings is 1. The summed E-state index contributed by atoms with van der Waals surface area (Å²) in [6, 6.07) is 5.53. The lowest BCUT2D eigenvalue weighted by Crippen LogP contribution is -2.44. The number of nitrogens with zero attached hydrogens (tertiary/aromatic N) is 2. The Morgan fingerprint density at radius 1 is 1.26 bits per heavy atom. The molecule has 0 amide bonds. The molecule has 104 valence electrons. The highest BCUT2D eigenvalue weighted by atomic mass is 16.5. The molecule has 0 bridgehead atoms. The number of rotatable bonds is 4. The van der Waals surface area contributed by atoms with E-state index in [1.54, 1.807) is 13.2 Å². The molecule has 1 aliphatic heterocycles. The molecule has 2 rings (SSSR count). The molecule has 1 fully saturated rings. The molecule has 1 heterocycles. The van der Waals surface area contributed by atoms with Crippen molar-refractivity contribution < 1.29 is 9.84 Å². The van der Waals surface area contributed by atoms with Crippen LogP contribution in [0, 0.1) is 0 Å². The molecule has 0 atom stereocenters. The van der Waals surface area contributed by atoms with Crippen molar-refractivity contribution in [2.75, 3.05) is 46.9 Å². The van der Waals surface area contributed by atoms with Crippen molar-refractivity contribution in [3.8, 4) is 11.5 Å². The van der Waals surface area contributed by atoms with Crippen LogP contribution in [0.2, 0.25) is 0 Å². The van der Waals surface area contributed by atoms with E-state index in [0.717, 1.165) is 38.3 Å². The number of piperazine rings is 1. The second-order valence-electron chi connectivity index (χ2n) is 4.90. The quantitative estimate of drug-likeness (QED) is 0.895. The maximum Gasteiger partial charge on any atom is 0.165 e. The highest BCUT2D eigenvalue weighted by Gasteiger charge is 2.11. The largest absolute Gasteiger partial charge is 0.504 e. The summed E-state index contributed by atoms with van der Waals surface area (Å²) in [5.41, 5.74) is 0.800. The van der Waals surface area contributed by atoms with Gasteiger partial charge in [0.15, 0.2) is 11.5 Å². The van der Waals surface area contributed by atoms with E-state index in [-0.39, 0.29) is 5.75 Å². The normalized spacial score (nSPS) is 18.0. The van der Waals surface area contributed by atoms with E-state index in [1.165, 1.54) is 0 Å². The Balaban J connectivity index is 1.92. The molecule has 0 radical (unpaired) electrons. The first kappa shape index (κ1) is 13.9. The Morgan fingerprint density at radius 3 is 2.68 bits per heavy atom. The first-order valence-electron chi connectivity index (χ1n) is 6.64. The van der Waals surface area contributed by atoms with Gasteiger partial charge in [0.25, 0.3) is 0 Å². The fourth-order valence-electron chi connectivity index (χ4n) is 2.20. The van der Waals surface area contributed by atoms with Gasteiger partial charge in [-0.15, -0.1) is 0 Å². The van der Waals surface area contributed by atoms with Crippen LogP contribution >= 0.6 is 0 Å². The van der Waals surface area contributed by atoms with E-state index in [0.29, 0.717) is 5.75 Å². The molecule has 1 N–H and O–H groups in total. The number of likely N-dealkylation sites (N-methyl/N-ethyl adjacent to an activating group) is 1. The van der Waals surface area contributed by atoms with E-state index in [2.05, 4.69) is 22.9 Å². The Bertz CT molecular complexity index is 438. The monoisotopic (exact) mass is 262 g/mol. The number of phenolic OH excluding ortho intramolecular Hbond substituents is 1. The van der Waals surface area contributed by atoms with Crippen LogP contribution in [0.25, 0.3) is 6.08 Å². The molecule has 0 unspecified atom stereocenters.